The summed E-state index contributed by atoms with van der Waals surface area (Å²) in [5.41, 5.74) is 2.19. The highest BCUT2D eigenvalue weighted by Gasteiger charge is 2.23. The van der Waals surface area contributed by atoms with Gasteiger partial charge in [-0.3, -0.25) is 4.79 Å². The zero-order valence-corrected chi connectivity index (χ0v) is 11.5. The van der Waals surface area contributed by atoms with Gasteiger partial charge < -0.3 is 10.6 Å². The fraction of sp³-hybridized carbons (Fsp3) is 0.769. The Hall–Kier alpha value is -0.480. The second-order valence-electron chi connectivity index (χ2n) is 5.01. The van der Waals surface area contributed by atoms with Crippen LogP contribution in [0.2, 0.25) is 0 Å². The van der Waals surface area contributed by atoms with Crippen LogP contribution in [0.4, 0.5) is 0 Å². The van der Waals surface area contributed by atoms with Gasteiger partial charge in [-0.05, 0) is 44.4 Å². The van der Waals surface area contributed by atoms with Crippen LogP contribution in [-0.2, 0) is 4.79 Å². The van der Waals surface area contributed by atoms with Crippen molar-refractivity contribution >= 4 is 17.7 Å². The zero-order valence-electron chi connectivity index (χ0n) is 10.7. The third-order valence-electron chi connectivity index (χ3n) is 3.89. The van der Waals surface area contributed by atoms with Crippen molar-refractivity contribution in [2.45, 2.75) is 43.9 Å². The maximum Gasteiger partial charge on any atom is 0.247 e. The molecule has 0 atom stereocenters. The van der Waals surface area contributed by atoms with Crippen molar-refractivity contribution in [3.05, 3.63) is 11.1 Å². The first kappa shape index (κ1) is 13.0. The fourth-order valence-electron chi connectivity index (χ4n) is 2.41. The van der Waals surface area contributed by atoms with Crippen LogP contribution in [0, 0.1) is 0 Å². The highest BCUT2D eigenvalue weighted by molar-refractivity contribution is 7.99. The second kappa shape index (κ2) is 5.91. The van der Waals surface area contributed by atoms with E-state index in [1.807, 2.05) is 18.7 Å². The minimum atomic E-state index is 0.147. The SMILES string of the molecule is CSC1CCC(NC(=O)C(C)=C2CNC2)CC1. The van der Waals surface area contributed by atoms with E-state index in [-0.39, 0.29) is 5.91 Å². The molecule has 0 bridgehead atoms. The average molecular weight is 254 g/mol. The molecule has 0 spiro atoms. The Kier molecular flexibility index (Phi) is 4.51. The van der Waals surface area contributed by atoms with Crippen LogP contribution < -0.4 is 10.6 Å². The van der Waals surface area contributed by atoms with Crippen LogP contribution in [0.3, 0.4) is 0 Å². The first-order chi connectivity index (χ1) is 8.20. The zero-order chi connectivity index (χ0) is 12.3. The Morgan fingerprint density at radius 3 is 2.41 bits per heavy atom. The monoisotopic (exact) mass is 254 g/mol. The number of hydrogen-bond acceptors (Lipinski definition) is 3. The Morgan fingerprint density at radius 2 is 1.94 bits per heavy atom. The number of hydrogen-bond donors (Lipinski definition) is 2. The Morgan fingerprint density at radius 1 is 1.29 bits per heavy atom. The predicted octanol–water partition coefficient (Wildman–Crippen LogP) is 1.70. The van der Waals surface area contributed by atoms with Gasteiger partial charge in [0.25, 0.3) is 0 Å². The van der Waals surface area contributed by atoms with Gasteiger partial charge in [-0.25, -0.2) is 0 Å². The molecule has 1 aliphatic carbocycles. The van der Waals surface area contributed by atoms with Crippen LogP contribution in [0.25, 0.3) is 0 Å². The molecule has 4 heteroatoms. The molecule has 2 rings (SSSR count). The number of amides is 1. The molecule has 2 aliphatic rings. The van der Waals surface area contributed by atoms with E-state index in [1.54, 1.807) is 0 Å². The Bertz CT molecular complexity index is 313. The van der Waals surface area contributed by atoms with Crippen molar-refractivity contribution in [2.75, 3.05) is 19.3 Å². The van der Waals surface area contributed by atoms with Crippen molar-refractivity contribution in [1.29, 1.82) is 0 Å². The van der Waals surface area contributed by atoms with Crippen molar-refractivity contribution in [2.24, 2.45) is 0 Å². The molecule has 17 heavy (non-hydrogen) atoms. The molecule has 1 aliphatic heterocycles. The summed E-state index contributed by atoms with van der Waals surface area (Å²) in [5.74, 6) is 0.147. The van der Waals surface area contributed by atoms with E-state index in [0.29, 0.717) is 6.04 Å². The lowest BCUT2D eigenvalue weighted by Crippen LogP contribution is -2.41. The molecule has 0 aromatic rings. The van der Waals surface area contributed by atoms with E-state index in [1.165, 1.54) is 18.4 Å². The van der Waals surface area contributed by atoms with Crippen LogP contribution in [-0.4, -0.2) is 36.5 Å². The van der Waals surface area contributed by atoms with E-state index >= 15 is 0 Å². The van der Waals surface area contributed by atoms with Gasteiger partial charge in [0, 0.05) is 30.0 Å². The van der Waals surface area contributed by atoms with Crippen molar-refractivity contribution in [3.63, 3.8) is 0 Å². The van der Waals surface area contributed by atoms with Crippen LogP contribution in [0.5, 0.6) is 0 Å². The number of thioether (sulfide) groups is 1. The standard InChI is InChI=1S/C13H22N2OS/c1-9(10-7-14-8-10)13(16)15-11-3-5-12(17-2)6-4-11/h11-12,14H,3-8H2,1-2H3,(H,15,16). The summed E-state index contributed by atoms with van der Waals surface area (Å²) in [4.78, 5) is 12.0. The van der Waals surface area contributed by atoms with Gasteiger partial charge in [0.2, 0.25) is 5.91 Å². The second-order valence-corrected chi connectivity index (χ2v) is 6.15. The molecule has 2 N–H and O–H groups in total. The van der Waals surface area contributed by atoms with E-state index in [0.717, 1.165) is 36.8 Å². The predicted molar refractivity (Wildman–Crippen MR) is 73.3 cm³/mol. The van der Waals surface area contributed by atoms with Crippen molar-refractivity contribution in [1.82, 2.24) is 10.6 Å². The molecule has 1 heterocycles. The first-order valence-corrected chi connectivity index (χ1v) is 7.72. The molecular weight excluding hydrogens is 232 g/mol. The van der Waals surface area contributed by atoms with Gasteiger partial charge in [-0.1, -0.05) is 0 Å². The molecule has 2 fully saturated rings. The Labute approximate surface area is 108 Å². The first-order valence-electron chi connectivity index (χ1n) is 6.43. The third-order valence-corrected chi connectivity index (χ3v) is 5.03. The maximum atomic E-state index is 12.0. The number of nitrogens with one attached hydrogen (secondary N) is 2. The molecule has 1 saturated carbocycles. The summed E-state index contributed by atoms with van der Waals surface area (Å²) in [6, 6.07) is 0.398. The molecule has 0 aromatic carbocycles. The van der Waals surface area contributed by atoms with Gasteiger partial charge in [0.05, 0.1) is 0 Å². The topological polar surface area (TPSA) is 41.1 Å². The van der Waals surface area contributed by atoms with E-state index in [2.05, 4.69) is 16.9 Å². The largest absolute Gasteiger partial charge is 0.350 e. The molecule has 1 amide bonds. The lowest BCUT2D eigenvalue weighted by Gasteiger charge is -2.29. The third kappa shape index (κ3) is 3.26. The summed E-state index contributed by atoms with van der Waals surface area (Å²) in [6.45, 7) is 3.72. The summed E-state index contributed by atoms with van der Waals surface area (Å²) >= 11 is 1.96. The number of rotatable bonds is 3. The van der Waals surface area contributed by atoms with Crippen molar-refractivity contribution in [3.8, 4) is 0 Å². The smallest absolute Gasteiger partial charge is 0.247 e. The van der Waals surface area contributed by atoms with Crippen LogP contribution >= 0.6 is 11.8 Å². The molecule has 0 radical (unpaired) electrons. The molecule has 0 aromatic heterocycles. The van der Waals surface area contributed by atoms with E-state index in [9.17, 15) is 4.79 Å². The summed E-state index contributed by atoms with van der Waals surface area (Å²) in [7, 11) is 0. The fourth-order valence-corrected chi connectivity index (χ4v) is 3.16. The van der Waals surface area contributed by atoms with E-state index < -0.39 is 0 Å². The lowest BCUT2D eigenvalue weighted by molar-refractivity contribution is -0.118. The minimum absolute atomic E-state index is 0.147. The summed E-state index contributed by atoms with van der Waals surface area (Å²) in [6.07, 6.45) is 6.94. The summed E-state index contributed by atoms with van der Waals surface area (Å²) in [5, 5.41) is 7.16. The maximum absolute atomic E-state index is 12.0. The minimum Gasteiger partial charge on any atom is -0.350 e. The van der Waals surface area contributed by atoms with Gasteiger partial charge in [-0.2, -0.15) is 11.8 Å². The summed E-state index contributed by atoms with van der Waals surface area (Å²) < 4.78 is 0. The molecule has 1 saturated heterocycles. The molecule has 96 valence electrons. The highest BCUT2D eigenvalue weighted by Crippen LogP contribution is 2.27. The average Bonchev–Trinajstić information content (AvgIpc) is 2.27. The van der Waals surface area contributed by atoms with Gasteiger partial charge in [0.15, 0.2) is 0 Å². The molecule has 3 nitrogen and oxygen atoms in total. The lowest BCUT2D eigenvalue weighted by atomic mass is 9.94. The highest BCUT2D eigenvalue weighted by atomic mass is 32.2. The van der Waals surface area contributed by atoms with Crippen LogP contribution in [0.15, 0.2) is 11.1 Å². The number of carbonyl (C=O) groups is 1. The Balaban J connectivity index is 1.80. The van der Waals surface area contributed by atoms with Gasteiger partial charge >= 0.3 is 0 Å². The van der Waals surface area contributed by atoms with Crippen LogP contribution in [0.1, 0.15) is 32.6 Å². The molecular formula is C13H22N2OS. The normalized spacial score (nSPS) is 28.5. The van der Waals surface area contributed by atoms with Gasteiger partial charge in [0.1, 0.15) is 0 Å². The van der Waals surface area contributed by atoms with Crippen molar-refractivity contribution < 1.29 is 4.79 Å². The van der Waals surface area contributed by atoms with E-state index in [4.69, 9.17) is 0 Å². The quantitative estimate of drug-likeness (QED) is 0.753. The number of carbonyl (C=O) groups excluding carboxylic acids is 1. The van der Waals surface area contributed by atoms with Gasteiger partial charge in [-0.15, -0.1) is 0 Å². The molecule has 0 unspecified atom stereocenters.